The van der Waals surface area contributed by atoms with E-state index in [1.165, 1.54) is 0 Å². The molecule has 1 rings (SSSR count). The number of rotatable bonds is 2. The molecular weight excluding hydrogens is 142 g/mol. The topological polar surface area (TPSA) is 42.1 Å². The molecule has 0 radical (unpaired) electrons. The van der Waals surface area contributed by atoms with Gasteiger partial charge in [-0.05, 0) is 6.42 Å². The Hall–Kier alpha value is -1.25. The van der Waals surface area contributed by atoms with Gasteiger partial charge in [0.05, 0.1) is 7.11 Å². The van der Waals surface area contributed by atoms with Gasteiger partial charge in [0.25, 0.3) is 0 Å². The lowest BCUT2D eigenvalue weighted by Crippen LogP contribution is -2.05. The molecule has 0 amide bonds. The van der Waals surface area contributed by atoms with Crippen molar-refractivity contribution in [1.82, 2.24) is 4.98 Å². The number of aromatic nitrogens is 1. The van der Waals surface area contributed by atoms with E-state index in [1.807, 2.05) is 6.92 Å². The second kappa shape index (κ2) is 3.23. The summed E-state index contributed by atoms with van der Waals surface area (Å²) in [6.45, 7) is 1.98. The van der Waals surface area contributed by atoms with Crippen molar-refractivity contribution in [3.63, 3.8) is 0 Å². The Morgan fingerprint density at radius 1 is 1.64 bits per heavy atom. The van der Waals surface area contributed by atoms with Gasteiger partial charge in [0.2, 0.25) is 5.56 Å². The summed E-state index contributed by atoms with van der Waals surface area (Å²) in [6, 6.07) is 1.55. The van der Waals surface area contributed by atoms with Gasteiger partial charge in [-0.3, -0.25) is 4.79 Å². The minimum Gasteiger partial charge on any atom is -0.495 e. The van der Waals surface area contributed by atoms with E-state index < -0.39 is 0 Å². The first-order valence-electron chi connectivity index (χ1n) is 3.53. The Bertz CT molecular complexity index is 290. The van der Waals surface area contributed by atoms with Crippen LogP contribution in [0.2, 0.25) is 0 Å². The number of pyridine rings is 1. The van der Waals surface area contributed by atoms with Crippen LogP contribution in [0.15, 0.2) is 17.1 Å². The summed E-state index contributed by atoms with van der Waals surface area (Å²) >= 11 is 0. The van der Waals surface area contributed by atoms with Crippen molar-refractivity contribution in [2.24, 2.45) is 0 Å². The molecule has 3 heteroatoms. The van der Waals surface area contributed by atoms with Crippen molar-refractivity contribution in [2.75, 3.05) is 7.11 Å². The van der Waals surface area contributed by atoms with Crippen LogP contribution in [-0.4, -0.2) is 12.1 Å². The van der Waals surface area contributed by atoms with Crippen LogP contribution in [0.25, 0.3) is 0 Å². The summed E-state index contributed by atoms with van der Waals surface area (Å²) < 4.78 is 5.02. The number of H-pyrrole nitrogens is 1. The molecule has 1 heterocycles. The molecule has 0 fully saturated rings. The molecule has 0 bridgehead atoms. The van der Waals surface area contributed by atoms with E-state index in [0.29, 0.717) is 0 Å². The van der Waals surface area contributed by atoms with Gasteiger partial charge < -0.3 is 9.72 Å². The molecule has 0 saturated carbocycles. The fraction of sp³-hybridized carbons (Fsp3) is 0.375. The van der Waals surface area contributed by atoms with Gasteiger partial charge in [0, 0.05) is 17.8 Å². The maximum atomic E-state index is 10.8. The number of nitrogens with one attached hydrogen (secondary N) is 1. The first-order chi connectivity index (χ1) is 5.27. The predicted octanol–water partition coefficient (Wildman–Crippen LogP) is 0.946. The highest BCUT2D eigenvalue weighted by Gasteiger charge is 1.99. The number of hydrogen-bond acceptors (Lipinski definition) is 2. The third-order valence-electron chi connectivity index (χ3n) is 1.57. The van der Waals surface area contributed by atoms with E-state index in [9.17, 15) is 4.79 Å². The molecule has 11 heavy (non-hydrogen) atoms. The Kier molecular flexibility index (Phi) is 2.31. The average Bonchev–Trinajstić information content (AvgIpc) is 2.04. The number of aryl methyl sites for hydroxylation is 1. The Labute approximate surface area is 65.0 Å². The van der Waals surface area contributed by atoms with Gasteiger partial charge in [-0.25, -0.2) is 0 Å². The molecule has 0 saturated heterocycles. The Balaban J connectivity index is 3.16. The highest BCUT2D eigenvalue weighted by molar-refractivity contribution is 5.29. The van der Waals surface area contributed by atoms with Crippen LogP contribution in [0.3, 0.4) is 0 Å². The largest absolute Gasteiger partial charge is 0.495 e. The minimum absolute atomic E-state index is 0.0809. The van der Waals surface area contributed by atoms with Crippen LogP contribution < -0.4 is 10.3 Å². The number of aromatic amines is 1. The standard InChI is InChI=1S/C8H11NO2/c1-3-6-4-8(10)9-5-7(6)11-2/h4-5H,3H2,1-2H3,(H,9,10). The van der Waals surface area contributed by atoms with Crippen molar-refractivity contribution in [2.45, 2.75) is 13.3 Å². The molecule has 0 aromatic carbocycles. The van der Waals surface area contributed by atoms with Crippen LogP contribution in [0.1, 0.15) is 12.5 Å². The lowest BCUT2D eigenvalue weighted by Gasteiger charge is -2.03. The first kappa shape index (κ1) is 7.85. The zero-order valence-electron chi connectivity index (χ0n) is 6.68. The second-order valence-electron chi connectivity index (χ2n) is 2.24. The van der Waals surface area contributed by atoms with Gasteiger partial charge in [0.1, 0.15) is 5.75 Å². The summed E-state index contributed by atoms with van der Waals surface area (Å²) in [5.74, 6) is 0.743. The zero-order valence-corrected chi connectivity index (χ0v) is 6.68. The van der Waals surface area contributed by atoms with Crippen molar-refractivity contribution >= 4 is 0 Å². The average molecular weight is 153 g/mol. The van der Waals surface area contributed by atoms with Crippen molar-refractivity contribution in [3.05, 3.63) is 28.2 Å². The smallest absolute Gasteiger partial charge is 0.248 e. The molecule has 0 aliphatic heterocycles. The van der Waals surface area contributed by atoms with Gasteiger partial charge in [-0.2, -0.15) is 0 Å². The van der Waals surface area contributed by atoms with Gasteiger partial charge in [0.15, 0.2) is 0 Å². The van der Waals surface area contributed by atoms with Crippen LogP contribution in [0.4, 0.5) is 0 Å². The first-order valence-corrected chi connectivity index (χ1v) is 3.53. The lowest BCUT2D eigenvalue weighted by atomic mass is 10.2. The molecule has 1 aromatic heterocycles. The van der Waals surface area contributed by atoms with Gasteiger partial charge in [-0.1, -0.05) is 6.92 Å². The fourth-order valence-corrected chi connectivity index (χ4v) is 0.967. The molecule has 60 valence electrons. The molecule has 1 N–H and O–H groups in total. The van der Waals surface area contributed by atoms with E-state index in [4.69, 9.17) is 4.74 Å². The summed E-state index contributed by atoms with van der Waals surface area (Å²) in [5.41, 5.74) is 0.860. The van der Waals surface area contributed by atoms with E-state index in [1.54, 1.807) is 19.4 Å². The number of hydrogen-bond donors (Lipinski definition) is 1. The van der Waals surface area contributed by atoms with Crippen LogP contribution in [-0.2, 0) is 6.42 Å². The Morgan fingerprint density at radius 3 is 2.91 bits per heavy atom. The number of methoxy groups -OCH3 is 1. The predicted molar refractivity (Wildman–Crippen MR) is 43.0 cm³/mol. The molecule has 0 aliphatic carbocycles. The van der Waals surface area contributed by atoms with Crippen LogP contribution in [0, 0.1) is 0 Å². The van der Waals surface area contributed by atoms with Gasteiger partial charge >= 0.3 is 0 Å². The maximum absolute atomic E-state index is 10.8. The highest BCUT2D eigenvalue weighted by atomic mass is 16.5. The van der Waals surface area contributed by atoms with E-state index in [0.717, 1.165) is 17.7 Å². The number of ether oxygens (including phenoxy) is 1. The highest BCUT2D eigenvalue weighted by Crippen LogP contribution is 2.13. The van der Waals surface area contributed by atoms with Crippen molar-refractivity contribution in [3.8, 4) is 5.75 Å². The Morgan fingerprint density at radius 2 is 2.36 bits per heavy atom. The zero-order chi connectivity index (χ0) is 8.27. The van der Waals surface area contributed by atoms with Crippen molar-refractivity contribution < 1.29 is 4.74 Å². The van der Waals surface area contributed by atoms with E-state index in [-0.39, 0.29) is 5.56 Å². The maximum Gasteiger partial charge on any atom is 0.248 e. The molecule has 1 aromatic rings. The third kappa shape index (κ3) is 1.61. The van der Waals surface area contributed by atoms with Crippen LogP contribution >= 0.6 is 0 Å². The second-order valence-corrected chi connectivity index (χ2v) is 2.24. The SMILES string of the molecule is CCc1cc(=O)[nH]cc1OC. The summed E-state index contributed by atoms with van der Waals surface area (Å²) in [4.78, 5) is 13.4. The van der Waals surface area contributed by atoms with E-state index in [2.05, 4.69) is 4.98 Å². The van der Waals surface area contributed by atoms with Crippen molar-refractivity contribution in [1.29, 1.82) is 0 Å². The van der Waals surface area contributed by atoms with Crippen LogP contribution in [0.5, 0.6) is 5.75 Å². The normalized spacial score (nSPS) is 9.64. The van der Waals surface area contributed by atoms with Gasteiger partial charge in [-0.15, -0.1) is 0 Å². The summed E-state index contributed by atoms with van der Waals surface area (Å²) in [6.07, 6.45) is 2.40. The molecular formula is C8H11NO2. The molecule has 0 aliphatic rings. The minimum atomic E-state index is -0.0809. The molecule has 3 nitrogen and oxygen atoms in total. The summed E-state index contributed by atoms with van der Waals surface area (Å²) in [7, 11) is 1.59. The third-order valence-corrected chi connectivity index (χ3v) is 1.57. The molecule has 0 spiro atoms. The molecule has 0 unspecified atom stereocenters. The fourth-order valence-electron chi connectivity index (χ4n) is 0.967. The monoisotopic (exact) mass is 153 g/mol. The van der Waals surface area contributed by atoms with E-state index >= 15 is 0 Å². The molecule has 0 atom stereocenters. The lowest BCUT2D eigenvalue weighted by molar-refractivity contribution is 0.408. The quantitative estimate of drug-likeness (QED) is 0.687. The summed E-state index contributed by atoms with van der Waals surface area (Å²) in [5, 5.41) is 0.